The number of carboxylic acids is 1. The van der Waals surface area contributed by atoms with Crippen molar-refractivity contribution < 1.29 is 14.6 Å². The van der Waals surface area contributed by atoms with E-state index in [1.54, 1.807) is 7.11 Å². The van der Waals surface area contributed by atoms with Crippen molar-refractivity contribution in [3.63, 3.8) is 0 Å². The zero-order valence-corrected chi connectivity index (χ0v) is 7.45. The third-order valence-corrected chi connectivity index (χ3v) is 2.57. The summed E-state index contributed by atoms with van der Waals surface area (Å²) in [4.78, 5) is 10.8. The first-order valence-electron chi connectivity index (χ1n) is 4.51. The maximum absolute atomic E-state index is 10.8. The fourth-order valence-corrected chi connectivity index (χ4v) is 1.84. The van der Waals surface area contributed by atoms with E-state index in [0.29, 0.717) is 0 Å². The SMILES string of the molecule is COC1CCCCCC1C(=O)O. The van der Waals surface area contributed by atoms with Crippen molar-refractivity contribution in [1.29, 1.82) is 0 Å². The number of carboxylic acid groups (broad SMARTS) is 1. The predicted molar refractivity (Wildman–Crippen MR) is 45.0 cm³/mol. The highest BCUT2D eigenvalue weighted by molar-refractivity contribution is 5.70. The van der Waals surface area contributed by atoms with Crippen molar-refractivity contribution in [2.24, 2.45) is 5.92 Å². The van der Waals surface area contributed by atoms with Gasteiger partial charge in [0.05, 0.1) is 12.0 Å². The highest BCUT2D eigenvalue weighted by atomic mass is 16.5. The van der Waals surface area contributed by atoms with E-state index in [2.05, 4.69) is 0 Å². The van der Waals surface area contributed by atoms with Crippen molar-refractivity contribution in [3.05, 3.63) is 0 Å². The van der Waals surface area contributed by atoms with Gasteiger partial charge in [-0.25, -0.2) is 0 Å². The van der Waals surface area contributed by atoms with Crippen LogP contribution in [0.3, 0.4) is 0 Å². The van der Waals surface area contributed by atoms with Gasteiger partial charge in [-0.05, 0) is 12.8 Å². The van der Waals surface area contributed by atoms with Gasteiger partial charge in [-0.2, -0.15) is 0 Å². The van der Waals surface area contributed by atoms with E-state index < -0.39 is 5.97 Å². The Hall–Kier alpha value is -0.570. The topological polar surface area (TPSA) is 46.5 Å². The number of hydrogen-bond acceptors (Lipinski definition) is 2. The van der Waals surface area contributed by atoms with Crippen LogP contribution in [0.25, 0.3) is 0 Å². The first kappa shape index (κ1) is 9.52. The molecule has 0 heterocycles. The van der Waals surface area contributed by atoms with Crippen molar-refractivity contribution in [1.82, 2.24) is 0 Å². The summed E-state index contributed by atoms with van der Waals surface area (Å²) in [6.45, 7) is 0. The van der Waals surface area contributed by atoms with Gasteiger partial charge in [0.15, 0.2) is 0 Å². The highest BCUT2D eigenvalue weighted by Crippen LogP contribution is 2.25. The molecule has 0 aromatic carbocycles. The molecular formula is C9H16O3. The van der Waals surface area contributed by atoms with Gasteiger partial charge in [0.2, 0.25) is 0 Å². The van der Waals surface area contributed by atoms with Gasteiger partial charge < -0.3 is 9.84 Å². The monoisotopic (exact) mass is 172 g/mol. The molecule has 1 aliphatic rings. The number of hydrogen-bond donors (Lipinski definition) is 1. The Bertz CT molecular complexity index is 156. The molecule has 0 spiro atoms. The maximum atomic E-state index is 10.8. The van der Waals surface area contributed by atoms with Gasteiger partial charge in [0.25, 0.3) is 0 Å². The van der Waals surface area contributed by atoms with Crippen LogP contribution in [0.15, 0.2) is 0 Å². The molecule has 3 nitrogen and oxygen atoms in total. The van der Waals surface area contributed by atoms with Crippen LogP contribution in [-0.4, -0.2) is 24.3 Å². The molecule has 0 saturated heterocycles. The molecule has 0 radical (unpaired) electrons. The molecule has 2 atom stereocenters. The third-order valence-electron chi connectivity index (χ3n) is 2.57. The largest absolute Gasteiger partial charge is 0.481 e. The Labute approximate surface area is 72.7 Å². The molecule has 70 valence electrons. The Morgan fingerprint density at radius 3 is 2.58 bits per heavy atom. The molecule has 3 heteroatoms. The summed E-state index contributed by atoms with van der Waals surface area (Å²) in [6.07, 6.45) is 4.87. The van der Waals surface area contributed by atoms with Crippen LogP contribution in [0.5, 0.6) is 0 Å². The number of rotatable bonds is 2. The zero-order valence-electron chi connectivity index (χ0n) is 7.45. The number of carbonyl (C=O) groups is 1. The molecule has 1 rings (SSSR count). The minimum Gasteiger partial charge on any atom is -0.481 e. The smallest absolute Gasteiger partial charge is 0.309 e. The molecule has 1 saturated carbocycles. The zero-order chi connectivity index (χ0) is 8.97. The van der Waals surface area contributed by atoms with Crippen molar-refractivity contribution in [2.45, 2.75) is 38.2 Å². The van der Waals surface area contributed by atoms with Crippen LogP contribution >= 0.6 is 0 Å². The normalized spacial score (nSPS) is 31.1. The summed E-state index contributed by atoms with van der Waals surface area (Å²) < 4.78 is 5.16. The lowest BCUT2D eigenvalue weighted by Crippen LogP contribution is -2.28. The van der Waals surface area contributed by atoms with E-state index in [0.717, 1.165) is 32.1 Å². The first-order chi connectivity index (χ1) is 5.75. The van der Waals surface area contributed by atoms with Gasteiger partial charge >= 0.3 is 5.97 Å². The first-order valence-corrected chi connectivity index (χ1v) is 4.51. The van der Waals surface area contributed by atoms with E-state index in [1.807, 2.05) is 0 Å². The van der Waals surface area contributed by atoms with Crippen LogP contribution in [0, 0.1) is 5.92 Å². The molecule has 12 heavy (non-hydrogen) atoms. The second-order valence-electron chi connectivity index (χ2n) is 3.36. The molecule has 0 aromatic heterocycles. The van der Waals surface area contributed by atoms with E-state index in [4.69, 9.17) is 9.84 Å². The average Bonchev–Trinajstić information content (AvgIpc) is 2.27. The minimum atomic E-state index is -0.705. The molecule has 0 aromatic rings. The molecule has 0 bridgehead atoms. The van der Waals surface area contributed by atoms with E-state index >= 15 is 0 Å². The summed E-state index contributed by atoms with van der Waals surface area (Å²) in [6, 6.07) is 0. The summed E-state index contributed by atoms with van der Waals surface area (Å²) in [5, 5.41) is 8.88. The lowest BCUT2D eigenvalue weighted by Gasteiger charge is -2.19. The second-order valence-corrected chi connectivity index (χ2v) is 3.36. The van der Waals surface area contributed by atoms with Crippen LogP contribution in [0.4, 0.5) is 0 Å². The lowest BCUT2D eigenvalue weighted by molar-refractivity contribution is -0.146. The van der Waals surface area contributed by atoms with Crippen molar-refractivity contribution >= 4 is 5.97 Å². The summed E-state index contributed by atoms with van der Waals surface area (Å²) >= 11 is 0. The molecule has 1 fully saturated rings. The molecule has 0 aliphatic heterocycles. The Balaban J connectivity index is 2.57. The van der Waals surface area contributed by atoms with E-state index in [1.165, 1.54) is 0 Å². The van der Waals surface area contributed by atoms with Gasteiger partial charge in [-0.3, -0.25) is 4.79 Å². The van der Waals surface area contributed by atoms with Gasteiger partial charge in [-0.15, -0.1) is 0 Å². The Kier molecular flexibility index (Phi) is 3.53. The highest BCUT2D eigenvalue weighted by Gasteiger charge is 2.28. The number of ether oxygens (including phenoxy) is 1. The Morgan fingerprint density at radius 2 is 2.00 bits per heavy atom. The lowest BCUT2D eigenvalue weighted by atomic mass is 9.97. The second kappa shape index (κ2) is 4.45. The Morgan fingerprint density at radius 1 is 1.33 bits per heavy atom. The molecule has 2 unspecified atom stereocenters. The van der Waals surface area contributed by atoms with E-state index in [9.17, 15) is 4.79 Å². The molecule has 0 amide bonds. The summed E-state index contributed by atoms with van der Waals surface area (Å²) in [5.41, 5.74) is 0. The van der Waals surface area contributed by atoms with E-state index in [-0.39, 0.29) is 12.0 Å². The van der Waals surface area contributed by atoms with Crippen LogP contribution in [0.1, 0.15) is 32.1 Å². The fourth-order valence-electron chi connectivity index (χ4n) is 1.84. The predicted octanol–water partition coefficient (Wildman–Crippen LogP) is 1.67. The standard InChI is InChI=1S/C9H16O3/c1-12-8-6-4-2-3-5-7(8)9(10)11/h7-8H,2-6H2,1H3,(H,10,11). The fraction of sp³-hybridized carbons (Fsp3) is 0.889. The van der Waals surface area contributed by atoms with Crippen molar-refractivity contribution in [2.75, 3.05) is 7.11 Å². The summed E-state index contributed by atoms with van der Waals surface area (Å²) in [5.74, 6) is -0.985. The summed E-state index contributed by atoms with van der Waals surface area (Å²) in [7, 11) is 1.60. The van der Waals surface area contributed by atoms with Crippen LogP contribution < -0.4 is 0 Å². The third kappa shape index (κ3) is 2.21. The van der Waals surface area contributed by atoms with Crippen LogP contribution in [0.2, 0.25) is 0 Å². The van der Waals surface area contributed by atoms with Crippen molar-refractivity contribution in [3.8, 4) is 0 Å². The molecule has 1 aliphatic carbocycles. The average molecular weight is 172 g/mol. The van der Waals surface area contributed by atoms with Gasteiger partial charge in [0.1, 0.15) is 0 Å². The molecular weight excluding hydrogens is 156 g/mol. The van der Waals surface area contributed by atoms with Crippen LogP contribution in [-0.2, 0) is 9.53 Å². The quantitative estimate of drug-likeness (QED) is 0.644. The maximum Gasteiger partial charge on any atom is 0.309 e. The van der Waals surface area contributed by atoms with Gasteiger partial charge in [0, 0.05) is 7.11 Å². The minimum absolute atomic E-state index is 0.0648. The van der Waals surface area contributed by atoms with Gasteiger partial charge in [-0.1, -0.05) is 19.3 Å². The molecule has 1 N–H and O–H groups in total. The number of aliphatic carboxylic acids is 1. The number of methoxy groups -OCH3 is 1.